The van der Waals surface area contributed by atoms with Crippen LogP contribution in [-0.2, 0) is 4.79 Å². The Labute approximate surface area is 111 Å². The summed E-state index contributed by atoms with van der Waals surface area (Å²) in [5, 5.41) is 19.9. The lowest BCUT2D eigenvalue weighted by molar-refractivity contribution is -0.139. The van der Waals surface area contributed by atoms with Crippen molar-refractivity contribution in [3.63, 3.8) is 0 Å². The highest BCUT2D eigenvalue weighted by molar-refractivity contribution is 7.98. The fraction of sp³-hybridized carbons (Fsp3) is 0.727. The summed E-state index contributed by atoms with van der Waals surface area (Å²) in [7, 11) is 0. The highest BCUT2D eigenvalue weighted by Crippen LogP contribution is 2.02. The normalized spacial score (nSPS) is 11.4. The highest BCUT2D eigenvalue weighted by atomic mass is 32.2. The molecule has 0 aromatic heterocycles. The largest absolute Gasteiger partial charge is 0.480 e. The maximum atomic E-state index is 11.8. The zero-order valence-electron chi connectivity index (χ0n) is 10.7. The molecule has 0 aromatic rings. The maximum Gasteiger partial charge on any atom is 0.326 e. The summed E-state index contributed by atoms with van der Waals surface area (Å²) in [6.07, 6.45) is 2.51. The number of aliphatic carboxylic acids is 1. The molecule has 0 saturated carbocycles. The first kappa shape index (κ1) is 16.6. The smallest absolute Gasteiger partial charge is 0.326 e. The molecule has 102 valence electrons. The number of carbonyl (C=O) groups excluding carboxylic acids is 1. The van der Waals surface area contributed by atoms with Crippen molar-refractivity contribution >= 4 is 23.8 Å². The van der Waals surface area contributed by atoms with Crippen molar-refractivity contribution in [2.24, 2.45) is 0 Å². The van der Waals surface area contributed by atoms with E-state index in [0.717, 1.165) is 0 Å². The summed E-state index contributed by atoms with van der Waals surface area (Å²) in [6, 6.07) is 0.653. The lowest BCUT2D eigenvalue weighted by Crippen LogP contribution is -2.48. The molecule has 0 rings (SSSR count). The molecule has 0 bridgehead atoms. The number of rotatable bonds is 8. The molecule has 2 N–H and O–H groups in total. The fourth-order valence-corrected chi connectivity index (χ4v) is 1.79. The second-order valence-corrected chi connectivity index (χ2v) is 4.60. The Kier molecular flexibility index (Phi) is 8.84. The van der Waals surface area contributed by atoms with E-state index in [1.54, 1.807) is 6.92 Å². The van der Waals surface area contributed by atoms with Gasteiger partial charge in [-0.15, -0.1) is 0 Å². The molecule has 0 radical (unpaired) electrons. The summed E-state index contributed by atoms with van der Waals surface area (Å²) in [4.78, 5) is 24.2. The minimum atomic E-state index is -1.03. The topological polar surface area (TPSA) is 93.4 Å². The first-order valence-corrected chi connectivity index (χ1v) is 7.10. The van der Waals surface area contributed by atoms with Crippen molar-refractivity contribution in [3.05, 3.63) is 0 Å². The third-order valence-electron chi connectivity index (χ3n) is 2.37. The van der Waals surface area contributed by atoms with Crippen LogP contribution in [0.2, 0.25) is 0 Å². The monoisotopic (exact) mass is 273 g/mol. The Morgan fingerprint density at radius 3 is 2.67 bits per heavy atom. The van der Waals surface area contributed by atoms with Crippen LogP contribution >= 0.6 is 11.8 Å². The lowest BCUT2D eigenvalue weighted by atomic mass is 10.2. The predicted molar refractivity (Wildman–Crippen MR) is 70.4 cm³/mol. The number of carbonyl (C=O) groups is 2. The predicted octanol–water partition coefficient (Wildman–Crippen LogP) is 1.14. The number of thioether (sulfide) groups is 1. The second kappa shape index (κ2) is 9.59. The molecule has 0 spiro atoms. The van der Waals surface area contributed by atoms with E-state index < -0.39 is 18.0 Å². The van der Waals surface area contributed by atoms with Gasteiger partial charge in [-0.2, -0.15) is 17.0 Å². The van der Waals surface area contributed by atoms with Gasteiger partial charge in [-0.25, -0.2) is 9.59 Å². The van der Waals surface area contributed by atoms with Gasteiger partial charge >= 0.3 is 12.0 Å². The number of amides is 2. The Morgan fingerprint density at radius 2 is 2.22 bits per heavy atom. The Morgan fingerprint density at radius 1 is 1.56 bits per heavy atom. The number of hydrogen-bond donors (Lipinski definition) is 2. The van der Waals surface area contributed by atoms with E-state index in [1.807, 2.05) is 12.3 Å². The molecular formula is C11H19N3O3S. The van der Waals surface area contributed by atoms with Crippen molar-refractivity contribution in [2.75, 3.05) is 25.1 Å². The van der Waals surface area contributed by atoms with E-state index >= 15 is 0 Å². The van der Waals surface area contributed by atoms with Crippen LogP contribution in [0.25, 0.3) is 0 Å². The van der Waals surface area contributed by atoms with Crippen LogP contribution in [0.1, 0.15) is 19.8 Å². The Balaban J connectivity index is 4.37. The molecule has 0 heterocycles. The van der Waals surface area contributed by atoms with Crippen LogP contribution in [0.5, 0.6) is 0 Å². The summed E-state index contributed by atoms with van der Waals surface area (Å²) < 4.78 is 0. The van der Waals surface area contributed by atoms with E-state index in [0.29, 0.717) is 25.3 Å². The van der Waals surface area contributed by atoms with E-state index in [-0.39, 0.29) is 6.42 Å². The molecule has 0 unspecified atom stereocenters. The number of carboxylic acids is 1. The van der Waals surface area contributed by atoms with E-state index in [2.05, 4.69) is 5.32 Å². The summed E-state index contributed by atoms with van der Waals surface area (Å²) in [6.45, 7) is 2.55. The van der Waals surface area contributed by atoms with Gasteiger partial charge in [-0.1, -0.05) is 0 Å². The van der Waals surface area contributed by atoms with E-state index in [4.69, 9.17) is 10.4 Å². The summed E-state index contributed by atoms with van der Waals surface area (Å²) >= 11 is 1.53. The number of nitriles is 1. The average molecular weight is 273 g/mol. The molecule has 2 amide bonds. The molecule has 7 heteroatoms. The number of nitrogens with zero attached hydrogens (tertiary/aromatic N) is 2. The molecular weight excluding hydrogens is 254 g/mol. The van der Waals surface area contributed by atoms with Gasteiger partial charge in [0.1, 0.15) is 6.04 Å². The minimum Gasteiger partial charge on any atom is -0.480 e. The second-order valence-electron chi connectivity index (χ2n) is 3.61. The number of nitrogens with one attached hydrogen (secondary N) is 1. The van der Waals surface area contributed by atoms with Crippen LogP contribution < -0.4 is 5.32 Å². The fourth-order valence-electron chi connectivity index (χ4n) is 1.32. The first-order chi connectivity index (χ1) is 8.56. The number of carboxylic acid groups (broad SMARTS) is 1. The summed E-state index contributed by atoms with van der Waals surface area (Å²) in [5.74, 6) is -0.365. The summed E-state index contributed by atoms with van der Waals surface area (Å²) in [5.41, 5.74) is 0. The van der Waals surface area contributed by atoms with Gasteiger partial charge in [0.25, 0.3) is 0 Å². The molecule has 0 fully saturated rings. The molecule has 0 aromatic carbocycles. The van der Waals surface area contributed by atoms with Crippen LogP contribution in [0.4, 0.5) is 4.79 Å². The van der Waals surface area contributed by atoms with Crippen LogP contribution in [-0.4, -0.2) is 53.1 Å². The van der Waals surface area contributed by atoms with Crippen LogP contribution in [0, 0.1) is 11.3 Å². The third-order valence-corrected chi connectivity index (χ3v) is 3.01. The number of hydrogen-bond acceptors (Lipinski definition) is 4. The quantitative estimate of drug-likeness (QED) is 0.691. The molecule has 0 saturated heterocycles. The lowest BCUT2D eigenvalue weighted by Gasteiger charge is -2.23. The minimum absolute atomic E-state index is 0.240. The standard InChI is InChI=1S/C11H19N3O3S/c1-3-14(7-4-6-12)11(17)13-9(10(15)16)5-8-18-2/h9H,3-5,7-8H2,1-2H3,(H,13,17)(H,15,16)/t9-/m0/s1. The van der Waals surface area contributed by atoms with Gasteiger partial charge in [0, 0.05) is 13.1 Å². The van der Waals surface area contributed by atoms with Gasteiger partial charge < -0.3 is 15.3 Å². The third kappa shape index (κ3) is 6.35. The molecule has 0 aliphatic carbocycles. The number of urea groups is 1. The van der Waals surface area contributed by atoms with Gasteiger partial charge in [-0.05, 0) is 25.4 Å². The molecule has 18 heavy (non-hydrogen) atoms. The van der Waals surface area contributed by atoms with Crippen molar-refractivity contribution in [1.29, 1.82) is 5.26 Å². The van der Waals surface area contributed by atoms with Crippen LogP contribution in [0.15, 0.2) is 0 Å². The van der Waals surface area contributed by atoms with Gasteiger partial charge in [0.2, 0.25) is 0 Å². The van der Waals surface area contributed by atoms with Crippen molar-refractivity contribution < 1.29 is 14.7 Å². The van der Waals surface area contributed by atoms with Gasteiger partial charge in [0.15, 0.2) is 0 Å². The molecule has 6 nitrogen and oxygen atoms in total. The SMILES string of the molecule is CCN(CCC#N)C(=O)N[C@@H](CCSC)C(=O)O. The average Bonchev–Trinajstić information content (AvgIpc) is 2.34. The van der Waals surface area contributed by atoms with Crippen molar-refractivity contribution in [1.82, 2.24) is 10.2 Å². The highest BCUT2D eigenvalue weighted by Gasteiger charge is 2.21. The zero-order chi connectivity index (χ0) is 14.0. The van der Waals surface area contributed by atoms with Gasteiger partial charge in [0.05, 0.1) is 12.5 Å². The molecule has 0 aliphatic rings. The van der Waals surface area contributed by atoms with Crippen LogP contribution in [0.3, 0.4) is 0 Å². The first-order valence-electron chi connectivity index (χ1n) is 5.70. The van der Waals surface area contributed by atoms with E-state index in [1.165, 1.54) is 16.7 Å². The van der Waals surface area contributed by atoms with Crippen molar-refractivity contribution in [2.45, 2.75) is 25.8 Å². The van der Waals surface area contributed by atoms with E-state index in [9.17, 15) is 9.59 Å². The Bertz CT molecular complexity index is 317. The maximum absolute atomic E-state index is 11.8. The molecule has 1 atom stereocenters. The Hall–Kier alpha value is -1.42. The van der Waals surface area contributed by atoms with Crippen molar-refractivity contribution in [3.8, 4) is 6.07 Å². The van der Waals surface area contributed by atoms with Gasteiger partial charge in [-0.3, -0.25) is 0 Å². The molecule has 0 aliphatic heterocycles. The zero-order valence-corrected chi connectivity index (χ0v) is 11.5.